The molecule has 0 aliphatic heterocycles. The Morgan fingerprint density at radius 1 is 1.04 bits per heavy atom. The maximum atomic E-state index is 13.0. The van der Waals surface area contributed by atoms with Gasteiger partial charge in [0.2, 0.25) is 10.0 Å². The second-order valence-corrected chi connectivity index (χ2v) is 6.69. The van der Waals surface area contributed by atoms with Crippen molar-refractivity contribution in [2.24, 2.45) is 0 Å². The lowest BCUT2D eigenvalue weighted by Gasteiger charge is -2.11. The van der Waals surface area contributed by atoms with Crippen molar-refractivity contribution in [1.29, 1.82) is 0 Å². The van der Waals surface area contributed by atoms with Gasteiger partial charge in [-0.05, 0) is 42.8 Å². The maximum Gasteiger partial charge on any atom is 0.240 e. The smallest absolute Gasteiger partial charge is 0.240 e. The Labute approximate surface area is 139 Å². The lowest BCUT2D eigenvalue weighted by molar-refractivity contribution is 0.319. The lowest BCUT2D eigenvalue weighted by atomic mass is 10.2. The molecule has 0 aliphatic carbocycles. The number of aryl methyl sites for hydroxylation is 1. The molecule has 0 heterocycles. The molecule has 2 aromatic rings. The quantitative estimate of drug-likeness (QED) is 0.774. The number of benzene rings is 2. The predicted octanol–water partition coefficient (Wildman–Crippen LogP) is 2.64. The average molecular weight is 357 g/mol. The number of rotatable bonds is 7. The topological polar surface area (TPSA) is 64.6 Å². The summed E-state index contributed by atoms with van der Waals surface area (Å²) in [4.78, 5) is 0.135. The molecule has 0 fully saturated rings. The summed E-state index contributed by atoms with van der Waals surface area (Å²) in [7, 11) is -2.21. The molecule has 0 aliphatic rings. The van der Waals surface area contributed by atoms with E-state index >= 15 is 0 Å². The van der Waals surface area contributed by atoms with Crippen LogP contribution in [0, 0.1) is 18.6 Å². The first-order valence-electron chi connectivity index (χ1n) is 7.05. The Bertz CT molecular complexity index is 825. The molecule has 0 spiro atoms. The first-order chi connectivity index (χ1) is 11.3. The molecule has 0 saturated heterocycles. The van der Waals surface area contributed by atoms with Crippen LogP contribution in [0.2, 0.25) is 0 Å². The van der Waals surface area contributed by atoms with Crippen LogP contribution in [0.4, 0.5) is 8.78 Å². The Hall–Kier alpha value is -2.19. The summed E-state index contributed by atoms with van der Waals surface area (Å²) in [5.41, 5.74) is 0.545. The Kier molecular flexibility index (Phi) is 5.74. The van der Waals surface area contributed by atoms with Gasteiger partial charge in [-0.2, -0.15) is 0 Å². The summed E-state index contributed by atoms with van der Waals surface area (Å²) < 4.78 is 62.9. The van der Waals surface area contributed by atoms with Gasteiger partial charge in [0.05, 0.1) is 12.0 Å². The van der Waals surface area contributed by atoms with Crippen molar-refractivity contribution in [3.8, 4) is 11.5 Å². The Balaban J connectivity index is 1.94. The number of sulfonamides is 1. The molecule has 2 aromatic carbocycles. The van der Waals surface area contributed by atoms with Crippen LogP contribution in [0.1, 0.15) is 5.56 Å². The molecule has 130 valence electrons. The average Bonchev–Trinajstić information content (AvgIpc) is 2.54. The zero-order chi connectivity index (χ0) is 17.7. The van der Waals surface area contributed by atoms with Crippen molar-refractivity contribution in [3.63, 3.8) is 0 Å². The van der Waals surface area contributed by atoms with Crippen LogP contribution in [-0.2, 0) is 10.0 Å². The summed E-state index contributed by atoms with van der Waals surface area (Å²) in [6.45, 7) is 1.61. The molecule has 5 nitrogen and oxygen atoms in total. The fourth-order valence-corrected chi connectivity index (χ4v) is 3.28. The number of halogens is 2. The Morgan fingerprint density at radius 3 is 2.38 bits per heavy atom. The number of hydrogen-bond donors (Lipinski definition) is 1. The van der Waals surface area contributed by atoms with Crippen LogP contribution in [-0.4, -0.2) is 28.7 Å². The fourth-order valence-electron chi connectivity index (χ4n) is 2.04. The van der Waals surface area contributed by atoms with E-state index in [2.05, 4.69) is 4.72 Å². The van der Waals surface area contributed by atoms with Crippen molar-refractivity contribution >= 4 is 10.0 Å². The van der Waals surface area contributed by atoms with E-state index in [0.717, 1.165) is 12.1 Å². The molecular formula is C16H17F2NO4S. The van der Waals surface area contributed by atoms with Gasteiger partial charge in [0.25, 0.3) is 0 Å². The molecule has 1 N–H and O–H groups in total. The third-order valence-electron chi connectivity index (χ3n) is 3.23. The molecule has 0 saturated carbocycles. The van der Waals surface area contributed by atoms with E-state index < -0.39 is 21.7 Å². The molecule has 8 heteroatoms. The standard InChI is InChI=1S/C16H17F2NO4S/c1-11-9-12(22-2)4-6-16(11)24(20,21)19-7-8-23-13-3-5-14(17)15(18)10-13/h3-6,9-10,19H,7-8H2,1-2H3. The molecule has 0 atom stereocenters. The molecule has 0 amide bonds. The van der Waals surface area contributed by atoms with E-state index in [-0.39, 0.29) is 23.8 Å². The molecular weight excluding hydrogens is 340 g/mol. The third-order valence-corrected chi connectivity index (χ3v) is 4.85. The molecule has 24 heavy (non-hydrogen) atoms. The summed E-state index contributed by atoms with van der Waals surface area (Å²) in [6.07, 6.45) is 0. The highest BCUT2D eigenvalue weighted by Gasteiger charge is 2.16. The zero-order valence-electron chi connectivity index (χ0n) is 13.2. The minimum Gasteiger partial charge on any atom is -0.497 e. The number of hydrogen-bond acceptors (Lipinski definition) is 4. The third kappa shape index (κ3) is 4.42. The van der Waals surface area contributed by atoms with Gasteiger partial charge >= 0.3 is 0 Å². The van der Waals surface area contributed by atoms with Crippen LogP contribution in [0.15, 0.2) is 41.3 Å². The Morgan fingerprint density at radius 2 is 1.75 bits per heavy atom. The molecule has 0 bridgehead atoms. The normalized spacial score (nSPS) is 11.3. The van der Waals surface area contributed by atoms with Crippen LogP contribution >= 0.6 is 0 Å². The fraction of sp³-hybridized carbons (Fsp3) is 0.250. The molecule has 0 aromatic heterocycles. The maximum absolute atomic E-state index is 13.0. The highest BCUT2D eigenvalue weighted by atomic mass is 32.2. The van der Waals surface area contributed by atoms with Crippen LogP contribution in [0.3, 0.4) is 0 Å². The minimum absolute atomic E-state index is 0.0210. The molecule has 0 unspecified atom stereocenters. The van der Waals surface area contributed by atoms with E-state index in [1.807, 2.05) is 0 Å². The van der Waals surface area contributed by atoms with E-state index in [4.69, 9.17) is 9.47 Å². The lowest BCUT2D eigenvalue weighted by Crippen LogP contribution is -2.28. The van der Waals surface area contributed by atoms with E-state index in [1.54, 1.807) is 19.1 Å². The van der Waals surface area contributed by atoms with Crippen molar-refractivity contribution in [2.45, 2.75) is 11.8 Å². The van der Waals surface area contributed by atoms with Crippen LogP contribution < -0.4 is 14.2 Å². The molecule has 2 rings (SSSR count). The second-order valence-electron chi connectivity index (χ2n) is 4.95. The van der Waals surface area contributed by atoms with Gasteiger partial charge in [0.1, 0.15) is 18.1 Å². The van der Waals surface area contributed by atoms with Gasteiger partial charge in [-0.25, -0.2) is 21.9 Å². The minimum atomic E-state index is -3.70. The van der Waals surface area contributed by atoms with Gasteiger partial charge < -0.3 is 9.47 Å². The highest BCUT2D eigenvalue weighted by molar-refractivity contribution is 7.89. The van der Waals surface area contributed by atoms with E-state index in [1.165, 1.54) is 19.2 Å². The number of methoxy groups -OCH3 is 1. The predicted molar refractivity (Wildman–Crippen MR) is 84.8 cm³/mol. The SMILES string of the molecule is COc1ccc(S(=O)(=O)NCCOc2ccc(F)c(F)c2)c(C)c1. The van der Waals surface area contributed by atoms with Gasteiger partial charge in [-0.15, -0.1) is 0 Å². The summed E-state index contributed by atoms with van der Waals surface area (Å²) >= 11 is 0. The number of ether oxygens (including phenoxy) is 2. The largest absolute Gasteiger partial charge is 0.497 e. The van der Waals surface area contributed by atoms with Gasteiger partial charge in [0, 0.05) is 12.6 Å². The summed E-state index contributed by atoms with van der Waals surface area (Å²) in [6, 6.07) is 7.73. The van der Waals surface area contributed by atoms with Crippen molar-refractivity contribution < 1.29 is 26.7 Å². The monoisotopic (exact) mass is 357 g/mol. The van der Waals surface area contributed by atoms with E-state index in [0.29, 0.717) is 11.3 Å². The first-order valence-corrected chi connectivity index (χ1v) is 8.54. The van der Waals surface area contributed by atoms with E-state index in [9.17, 15) is 17.2 Å². The van der Waals surface area contributed by atoms with Gasteiger partial charge in [-0.3, -0.25) is 0 Å². The highest BCUT2D eigenvalue weighted by Crippen LogP contribution is 2.20. The summed E-state index contributed by atoms with van der Waals surface area (Å²) in [5.74, 6) is -1.32. The number of nitrogens with one attached hydrogen (secondary N) is 1. The molecule has 0 radical (unpaired) electrons. The summed E-state index contributed by atoms with van der Waals surface area (Å²) in [5, 5.41) is 0. The van der Waals surface area contributed by atoms with Crippen molar-refractivity contribution in [3.05, 3.63) is 53.6 Å². The first kappa shape index (κ1) is 18.2. The second kappa shape index (κ2) is 7.59. The van der Waals surface area contributed by atoms with Crippen LogP contribution in [0.5, 0.6) is 11.5 Å². The van der Waals surface area contributed by atoms with Crippen molar-refractivity contribution in [1.82, 2.24) is 4.72 Å². The zero-order valence-corrected chi connectivity index (χ0v) is 14.0. The van der Waals surface area contributed by atoms with Gasteiger partial charge in [0.15, 0.2) is 11.6 Å². The van der Waals surface area contributed by atoms with Crippen molar-refractivity contribution in [2.75, 3.05) is 20.3 Å². The van der Waals surface area contributed by atoms with Crippen LogP contribution in [0.25, 0.3) is 0 Å². The van der Waals surface area contributed by atoms with Gasteiger partial charge in [-0.1, -0.05) is 0 Å².